The maximum absolute atomic E-state index is 12.7. The third kappa shape index (κ3) is 3.49. The minimum absolute atomic E-state index is 0.0917. The van der Waals surface area contributed by atoms with Gasteiger partial charge in [-0.2, -0.15) is 19.0 Å². The third-order valence-corrected chi connectivity index (χ3v) is 3.76. The zero-order valence-corrected chi connectivity index (χ0v) is 14.6. The molecule has 1 N–H and O–H groups in total. The van der Waals surface area contributed by atoms with Crippen molar-refractivity contribution >= 4 is 11.7 Å². The van der Waals surface area contributed by atoms with Crippen molar-refractivity contribution in [3.8, 4) is 11.1 Å². The summed E-state index contributed by atoms with van der Waals surface area (Å²) in [5, 5.41) is 10.8. The highest BCUT2D eigenvalue weighted by atomic mass is 19.3. The average Bonchev–Trinajstić information content (AvgIpc) is 3.22. The second-order valence-corrected chi connectivity index (χ2v) is 6.77. The Labute approximate surface area is 149 Å². The number of carbonyl (C=O) groups is 1. The molecule has 136 valence electrons. The van der Waals surface area contributed by atoms with E-state index in [0.717, 1.165) is 17.3 Å². The Morgan fingerprint density at radius 2 is 1.85 bits per heavy atom. The number of anilines is 1. The molecule has 8 heteroatoms. The maximum atomic E-state index is 12.7. The van der Waals surface area contributed by atoms with Crippen LogP contribution in [0.15, 0.2) is 48.8 Å². The summed E-state index contributed by atoms with van der Waals surface area (Å²) in [6, 6.07) is 10.7. The highest BCUT2D eigenvalue weighted by Gasteiger charge is 2.24. The zero-order chi connectivity index (χ0) is 18.9. The molecule has 0 radical (unpaired) electrons. The van der Waals surface area contributed by atoms with Gasteiger partial charge in [-0.25, -0.2) is 9.36 Å². The van der Waals surface area contributed by atoms with Crippen LogP contribution < -0.4 is 5.32 Å². The van der Waals surface area contributed by atoms with Gasteiger partial charge < -0.3 is 5.32 Å². The number of amides is 1. The monoisotopic (exact) mass is 359 g/mol. The molecular formula is C18H19F2N5O. The molecule has 0 saturated carbocycles. The Morgan fingerprint density at radius 3 is 2.42 bits per heavy atom. The summed E-state index contributed by atoms with van der Waals surface area (Å²) >= 11 is 0. The molecule has 0 aliphatic carbocycles. The molecule has 0 bridgehead atoms. The number of hydrogen-bond acceptors (Lipinski definition) is 3. The molecule has 0 unspecified atom stereocenters. The SMILES string of the molecule is CC(C)(C)n1ncc(-c2ccccc2)c1NC(=O)c1ccn(C(F)F)n1. The highest BCUT2D eigenvalue weighted by Crippen LogP contribution is 2.32. The lowest BCUT2D eigenvalue weighted by Crippen LogP contribution is -2.27. The van der Waals surface area contributed by atoms with Crippen LogP contribution in [0, 0.1) is 0 Å². The van der Waals surface area contributed by atoms with E-state index in [4.69, 9.17) is 0 Å². The van der Waals surface area contributed by atoms with Gasteiger partial charge >= 0.3 is 6.55 Å². The summed E-state index contributed by atoms with van der Waals surface area (Å²) in [4.78, 5) is 12.5. The number of rotatable bonds is 4. The fourth-order valence-corrected chi connectivity index (χ4v) is 2.55. The van der Waals surface area contributed by atoms with Crippen molar-refractivity contribution in [2.45, 2.75) is 32.9 Å². The van der Waals surface area contributed by atoms with Gasteiger partial charge in [0.1, 0.15) is 5.82 Å². The summed E-state index contributed by atoms with van der Waals surface area (Å²) in [6.45, 7) is 3.07. The lowest BCUT2D eigenvalue weighted by Gasteiger charge is -2.23. The lowest BCUT2D eigenvalue weighted by molar-refractivity contribution is 0.0561. The normalized spacial score (nSPS) is 11.8. The van der Waals surface area contributed by atoms with E-state index < -0.39 is 18.0 Å². The second kappa shape index (κ2) is 6.70. The summed E-state index contributed by atoms with van der Waals surface area (Å²) < 4.78 is 27.5. The molecule has 0 aliphatic heterocycles. The predicted octanol–water partition coefficient (Wildman–Crippen LogP) is 4.15. The van der Waals surface area contributed by atoms with E-state index in [0.29, 0.717) is 10.5 Å². The van der Waals surface area contributed by atoms with Crippen LogP contribution in [0.3, 0.4) is 0 Å². The van der Waals surface area contributed by atoms with E-state index in [-0.39, 0.29) is 5.69 Å². The average molecular weight is 359 g/mol. The first-order valence-electron chi connectivity index (χ1n) is 8.06. The first kappa shape index (κ1) is 17.8. The fourth-order valence-electron chi connectivity index (χ4n) is 2.55. The Morgan fingerprint density at radius 1 is 1.15 bits per heavy atom. The molecule has 1 amide bonds. The molecular weight excluding hydrogens is 340 g/mol. The van der Waals surface area contributed by atoms with E-state index in [2.05, 4.69) is 15.5 Å². The first-order valence-corrected chi connectivity index (χ1v) is 8.06. The molecule has 0 atom stereocenters. The molecule has 3 aromatic rings. The molecule has 0 fully saturated rings. The summed E-state index contributed by atoms with van der Waals surface area (Å²) in [5.41, 5.74) is 1.14. The topological polar surface area (TPSA) is 64.7 Å². The van der Waals surface area contributed by atoms with Crippen LogP contribution >= 0.6 is 0 Å². The van der Waals surface area contributed by atoms with Gasteiger partial charge in [0.25, 0.3) is 5.91 Å². The van der Waals surface area contributed by atoms with E-state index in [1.807, 2.05) is 51.1 Å². The number of aromatic nitrogens is 4. The van der Waals surface area contributed by atoms with Crippen molar-refractivity contribution in [2.24, 2.45) is 0 Å². The van der Waals surface area contributed by atoms with Crippen LogP contribution in [0.4, 0.5) is 14.6 Å². The molecule has 2 heterocycles. The number of benzene rings is 1. The minimum Gasteiger partial charge on any atom is -0.305 e. The summed E-state index contributed by atoms with van der Waals surface area (Å²) in [5.74, 6) is -0.0899. The van der Waals surface area contributed by atoms with E-state index in [1.54, 1.807) is 10.9 Å². The number of carbonyl (C=O) groups excluding carboxylic acids is 1. The van der Waals surface area contributed by atoms with Crippen molar-refractivity contribution in [1.29, 1.82) is 0 Å². The van der Waals surface area contributed by atoms with Crippen molar-refractivity contribution in [1.82, 2.24) is 19.6 Å². The molecule has 2 aromatic heterocycles. The quantitative estimate of drug-likeness (QED) is 0.761. The van der Waals surface area contributed by atoms with Gasteiger partial charge in [-0.1, -0.05) is 30.3 Å². The van der Waals surface area contributed by atoms with Gasteiger partial charge in [0.2, 0.25) is 0 Å². The largest absolute Gasteiger partial charge is 0.333 e. The van der Waals surface area contributed by atoms with Gasteiger partial charge in [0.15, 0.2) is 5.69 Å². The summed E-state index contributed by atoms with van der Waals surface area (Å²) in [6.07, 6.45) is 2.74. The molecule has 26 heavy (non-hydrogen) atoms. The summed E-state index contributed by atoms with van der Waals surface area (Å²) in [7, 11) is 0. The van der Waals surface area contributed by atoms with Gasteiger partial charge in [0, 0.05) is 11.8 Å². The number of nitrogens with zero attached hydrogens (tertiary/aromatic N) is 4. The molecule has 3 rings (SSSR count). The van der Waals surface area contributed by atoms with Crippen LogP contribution in [0.25, 0.3) is 11.1 Å². The van der Waals surface area contributed by atoms with Gasteiger partial charge in [0.05, 0.1) is 11.7 Å². The number of halogens is 2. The van der Waals surface area contributed by atoms with E-state index in [1.165, 1.54) is 6.07 Å². The number of nitrogens with one attached hydrogen (secondary N) is 1. The number of hydrogen-bond donors (Lipinski definition) is 1. The van der Waals surface area contributed by atoms with Crippen LogP contribution in [-0.4, -0.2) is 25.5 Å². The smallest absolute Gasteiger partial charge is 0.305 e. The zero-order valence-electron chi connectivity index (χ0n) is 14.6. The van der Waals surface area contributed by atoms with Gasteiger partial charge in [-0.15, -0.1) is 0 Å². The van der Waals surface area contributed by atoms with Crippen molar-refractivity contribution in [2.75, 3.05) is 5.32 Å². The minimum atomic E-state index is -2.79. The van der Waals surface area contributed by atoms with Crippen LogP contribution in [-0.2, 0) is 5.54 Å². The van der Waals surface area contributed by atoms with Crippen LogP contribution in [0.1, 0.15) is 37.8 Å². The van der Waals surface area contributed by atoms with E-state index >= 15 is 0 Å². The molecule has 0 aliphatic rings. The Kier molecular flexibility index (Phi) is 4.58. The highest BCUT2D eigenvalue weighted by molar-refractivity contribution is 6.04. The lowest BCUT2D eigenvalue weighted by atomic mass is 10.1. The van der Waals surface area contributed by atoms with Gasteiger partial charge in [-0.05, 0) is 32.4 Å². The van der Waals surface area contributed by atoms with E-state index in [9.17, 15) is 13.6 Å². The Bertz CT molecular complexity index is 909. The predicted molar refractivity (Wildman–Crippen MR) is 94.1 cm³/mol. The Balaban J connectivity index is 1.99. The van der Waals surface area contributed by atoms with Crippen molar-refractivity contribution in [3.63, 3.8) is 0 Å². The molecule has 0 spiro atoms. The standard InChI is InChI=1S/C18H19F2N5O/c1-18(2,3)25-15(13(11-21-25)12-7-5-4-6-8-12)22-16(26)14-9-10-24(23-14)17(19)20/h4-11,17H,1-3H3,(H,22,26). The molecule has 0 saturated heterocycles. The van der Waals surface area contributed by atoms with Crippen molar-refractivity contribution < 1.29 is 13.6 Å². The first-order chi connectivity index (χ1) is 12.3. The van der Waals surface area contributed by atoms with Crippen LogP contribution in [0.2, 0.25) is 0 Å². The Hall–Kier alpha value is -3.03. The van der Waals surface area contributed by atoms with Gasteiger partial charge in [-0.3, -0.25) is 4.79 Å². The molecule has 1 aromatic carbocycles. The second-order valence-electron chi connectivity index (χ2n) is 6.77. The third-order valence-electron chi connectivity index (χ3n) is 3.76. The van der Waals surface area contributed by atoms with Crippen molar-refractivity contribution in [3.05, 3.63) is 54.5 Å². The maximum Gasteiger partial charge on any atom is 0.333 e. The number of alkyl halides is 2. The van der Waals surface area contributed by atoms with Crippen LogP contribution in [0.5, 0.6) is 0 Å². The fraction of sp³-hybridized carbons (Fsp3) is 0.278. The molecule has 6 nitrogen and oxygen atoms in total.